The molecule has 6 heavy (non-hydrogen) atoms. The van der Waals surface area contributed by atoms with Crippen LogP contribution in [0.25, 0.3) is 0 Å². The number of hydrogen-bond acceptors (Lipinski definition) is 2. The van der Waals surface area contributed by atoms with Crippen LogP contribution < -0.4 is 68.0 Å². The van der Waals surface area contributed by atoms with E-state index in [9.17, 15) is 0 Å². The van der Waals surface area contributed by atoms with E-state index in [4.69, 9.17) is 7.96 Å². The predicted molar refractivity (Wildman–Crippen MR) is 6.44 cm³/mol. The van der Waals surface area contributed by atoms with Gasteiger partial charge in [-0.3, -0.25) is 0 Å². The molecule has 24 valence electrons. The average molecular weight is 124 g/mol. The number of rotatable bonds is 0. The van der Waals surface area contributed by atoms with Gasteiger partial charge in [0.05, 0.1) is 0 Å². The van der Waals surface area contributed by atoms with Gasteiger partial charge in [-0.25, -0.2) is 0 Å². The van der Waals surface area contributed by atoms with Crippen LogP contribution >= 0.6 is 0 Å². The maximum absolute atomic E-state index is 8.46. The van der Waals surface area contributed by atoms with Crippen molar-refractivity contribution >= 4 is 15.5 Å². The van der Waals surface area contributed by atoms with Gasteiger partial charge < -0.3 is 4.70 Å². The first-order valence-corrected chi connectivity index (χ1v) is 1.41. The molecule has 2 nitrogen and oxygen atoms in total. The molecule has 0 heterocycles. The molecule has 0 rings (SSSR count). The van der Waals surface area contributed by atoms with Gasteiger partial charge >= 0.3 is 82.6 Å². The van der Waals surface area contributed by atoms with E-state index >= 15 is 0 Å². The summed E-state index contributed by atoms with van der Waals surface area (Å²) in [4.78, 5) is 0. The zero-order valence-corrected chi connectivity index (χ0v) is 8.93. The molecular formula is AlFNa2O2. The van der Waals surface area contributed by atoms with E-state index in [0.717, 1.165) is 0 Å². The molecule has 0 aromatic heterocycles. The second-order valence-electron chi connectivity index (χ2n) is 0.0962. The monoisotopic (exact) mass is 124 g/mol. The fourth-order valence-electron chi connectivity index (χ4n) is 0. The molecule has 0 aromatic rings. The Morgan fingerprint density at radius 1 is 1.33 bits per heavy atom. The van der Waals surface area contributed by atoms with Crippen molar-refractivity contribution in [3.8, 4) is 0 Å². The van der Waals surface area contributed by atoms with Crippen molar-refractivity contribution < 1.29 is 71.8 Å². The molecule has 0 atom stereocenters. The minimum atomic E-state index is -1.75. The van der Waals surface area contributed by atoms with Crippen LogP contribution in [-0.4, -0.2) is 15.5 Å². The van der Waals surface area contributed by atoms with Crippen molar-refractivity contribution in [3.63, 3.8) is 0 Å². The van der Waals surface area contributed by atoms with Crippen molar-refractivity contribution in [1.82, 2.24) is 0 Å². The predicted octanol–water partition coefficient (Wildman–Crippen LogP) is -10.7. The standard InChI is InChI=1S/Al.FH.2Na.2O/h;1H;;;;/q;;2*+1;;-1/p-1. The Balaban J connectivity index is -0.00000000667. The molecule has 0 unspecified atom stereocenters. The molecule has 0 aliphatic carbocycles. The van der Waals surface area contributed by atoms with Gasteiger partial charge in [-0.15, -0.1) is 0 Å². The molecule has 0 aliphatic heterocycles. The molecule has 0 spiro atoms. The molecule has 6 heteroatoms. The van der Waals surface area contributed by atoms with Gasteiger partial charge in [0.15, 0.2) is 0 Å². The Morgan fingerprint density at radius 2 is 1.33 bits per heavy atom. The summed E-state index contributed by atoms with van der Waals surface area (Å²) in [6.07, 6.45) is 0. The van der Waals surface area contributed by atoms with Crippen LogP contribution in [0.2, 0.25) is 0 Å². The average Bonchev–Trinajstić information content (AvgIpc) is 0.918. The molecule has 0 N–H and O–H groups in total. The topological polar surface area (TPSA) is 40.1 Å². The van der Waals surface area contributed by atoms with E-state index in [1.807, 2.05) is 0 Å². The summed E-state index contributed by atoms with van der Waals surface area (Å²) in [6.45, 7) is 0. The molecule has 0 saturated carbocycles. The molecule has 0 aromatic carbocycles. The zero-order valence-electron chi connectivity index (χ0n) is 3.77. The summed E-state index contributed by atoms with van der Waals surface area (Å²) in [5, 5.41) is 0. The van der Waals surface area contributed by atoms with E-state index < -0.39 is 15.5 Å². The Labute approximate surface area is 85.9 Å². The van der Waals surface area contributed by atoms with Crippen molar-refractivity contribution in [1.29, 1.82) is 0 Å². The Hall–Kier alpha value is 2.06. The summed E-state index contributed by atoms with van der Waals surface area (Å²) >= 11 is -1.75. The van der Waals surface area contributed by atoms with Crippen LogP contribution in [-0.2, 0) is 3.80 Å². The van der Waals surface area contributed by atoms with Crippen molar-refractivity contribution in [2.75, 3.05) is 0 Å². The quantitative estimate of drug-likeness (QED) is 0.301. The molecule has 0 bridgehead atoms. The maximum atomic E-state index is 8.46. The van der Waals surface area contributed by atoms with Gasteiger partial charge in [0.25, 0.3) is 0 Å². The second-order valence-corrected chi connectivity index (χ2v) is 0.289. The third kappa shape index (κ3) is 36.5. The van der Waals surface area contributed by atoms with E-state index in [1.165, 1.54) is 0 Å². The number of hydrogen-bond donors (Lipinski definition) is 0. The number of halogens is 1. The van der Waals surface area contributed by atoms with Gasteiger partial charge in [0.1, 0.15) is 0 Å². The fraction of sp³-hybridized carbons (Fsp3) is 0. The summed E-state index contributed by atoms with van der Waals surface area (Å²) < 4.78 is 16.9. The van der Waals surface area contributed by atoms with Crippen LogP contribution in [0, 0.1) is 0 Å². The first-order chi connectivity index (χ1) is 1.41. The third-order valence-corrected chi connectivity index (χ3v) is 0. The summed E-state index contributed by atoms with van der Waals surface area (Å²) in [7, 11) is 0. The minimum absolute atomic E-state index is 0. The molecular weight excluding hydrogens is 124 g/mol. The first-order valence-electron chi connectivity index (χ1n) is 0.471. The molecule has 0 fully saturated rings. The van der Waals surface area contributed by atoms with Gasteiger partial charge in [-0.1, -0.05) is 0 Å². The summed E-state index contributed by atoms with van der Waals surface area (Å²) in [5.41, 5.74) is 0. The van der Waals surface area contributed by atoms with Crippen molar-refractivity contribution in [2.45, 2.75) is 0 Å². The van der Waals surface area contributed by atoms with Gasteiger partial charge in [0.2, 0.25) is 0 Å². The first kappa shape index (κ1) is 24.4. The zero-order chi connectivity index (χ0) is 2.71. The van der Waals surface area contributed by atoms with Gasteiger partial charge in [-0.2, -0.15) is 0 Å². The Morgan fingerprint density at radius 3 is 1.33 bits per heavy atom. The Kier molecular flexibility index (Phi) is 112. The van der Waals surface area contributed by atoms with Gasteiger partial charge in [0, 0.05) is 0 Å². The molecule has 0 radical (unpaired) electrons. The molecule has 0 aliphatic rings. The van der Waals surface area contributed by atoms with Crippen LogP contribution in [0.1, 0.15) is 0 Å². The summed E-state index contributed by atoms with van der Waals surface area (Å²) in [6, 6.07) is 0. The Bertz CT molecular complexity index is 19.0. The summed E-state index contributed by atoms with van der Waals surface area (Å²) in [5.74, 6) is 0. The van der Waals surface area contributed by atoms with Crippen LogP contribution in [0.5, 0.6) is 0 Å². The van der Waals surface area contributed by atoms with E-state index in [2.05, 4.69) is 0 Å². The van der Waals surface area contributed by atoms with E-state index in [-0.39, 0.29) is 63.8 Å². The SMILES string of the molecule is [F-].[Na+].[Na+].[O]=[Al][O-]. The normalized spacial score (nSPS) is 1.33. The van der Waals surface area contributed by atoms with Crippen molar-refractivity contribution in [2.24, 2.45) is 0 Å². The molecule has 0 amide bonds. The third-order valence-electron chi connectivity index (χ3n) is 0. The fourth-order valence-corrected chi connectivity index (χ4v) is 0. The van der Waals surface area contributed by atoms with E-state index in [0.29, 0.717) is 0 Å². The van der Waals surface area contributed by atoms with Crippen molar-refractivity contribution in [3.05, 3.63) is 0 Å². The second kappa shape index (κ2) is 27.7. The van der Waals surface area contributed by atoms with E-state index in [1.54, 1.807) is 0 Å². The van der Waals surface area contributed by atoms with Gasteiger partial charge in [-0.05, 0) is 0 Å². The van der Waals surface area contributed by atoms with Crippen LogP contribution in [0.15, 0.2) is 0 Å². The van der Waals surface area contributed by atoms with Crippen LogP contribution in [0.4, 0.5) is 0 Å². The van der Waals surface area contributed by atoms with Crippen LogP contribution in [0.3, 0.4) is 0 Å². The molecule has 0 saturated heterocycles.